The van der Waals surface area contributed by atoms with Gasteiger partial charge in [0.05, 0.1) is 0 Å². The van der Waals surface area contributed by atoms with Crippen LogP contribution in [0.2, 0.25) is 0 Å². The summed E-state index contributed by atoms with van der Waals surface area (Å²) in [6, 6.07) is 79.5. The Bertz CT molecular complexity index is 3630. The van der Waals surface area contributed by atoms with Crippen molar-refractivity contribution in [1.29, 1.82) is 0 Å². The lowest BCUT2D eigenvalue weighted by molar-refractivity contribution is 0.660. The number of thiophene rings is 1. The first-order valence-electron chi connectivity index (χ1n) is 23.2. The molecule has 1 aromatic heterocycles. The van der Waals surface area contributed by atoms with E-state index in [4.69, 9.17) is 0 Å². The largest absolute Gasteiger partial charge is 0.310 e. The predicted molar refractivity (Wildman–Crippen MR) is 283 cm³/mol. The zero-order valence-corrected chi connectivity index (χ0v) is 38.4. The molecule has 13 rings (SSSR count). The molecule has 0 N–H and O–H groups in total. The molecule has 0 spiro atoms. The van der Waals surface area contributed by atoms with Gasteiger partial charge in [-0.2, -0.15) is 0 Å². The van der Waals surface area contributed by atoms with Gasteiger partial charge in [0.25, 0.3) is 0 Å². The molecule has 0 radical (unpaired) electrons. The van der Waals surface area contributed by atoms with E-state index in [9.17, 15) is 0 Å². The number of fused-ring (bicyclic) bond motifs is 11. The third-order valence-corrected chi connectivity index (χ3v) is 16.1. The van der Waals surface area contributed by atoms with Gasteiger partial charge in [0.15, 0.2) is 0 Å². The van der Waals surface area contributed by atoms with Crippen molar-refractivity contribution in [2.75, 3.05) is 4.90 Å². The topological polar surface area (TPSA) is 3.24 Å². The van der Waals surface area contributed by atoms with Crippen LogP contribution in [-0.2, 0) is 10.8 Å². The Morgan fingerprint density at radius 2 is 0.773 bits per heavy atom. The Labute approximate surface area is 390 Å². The summed E-state index contributed by atoms with van der Waals surface area (Å²) in [5, 5.41) is 5.19. The van der Waals surface area contributed by atoms with Crippen molar-refractivity contribution in [1.82, 2.24) is 0 Å². The minimum absolute atomic E-state index is 0.125. The monoisotopic (exact) mass is 861 g/mol. The second-order valence-corrected chi connectivity index (χ2v) is 20.3. The molecule has 0 unspecified atom stereocenters. The molecule has 11 aromatic rings. The number of anilines is 3. The number of benzene rings is 10. The van der Waals surface area contributed by atoms with Crippen LogP contribution in [0.3, 0.4) is 0 Å². The van der Waals surface area contributed by atoms with Crippen LogP contribution >= 0.6 is 11.3 Å². The maximum absolute atomic E-state index is 2.49. The second-order valence-electron chi connectivity index (χ2n) is 19.2. The van der Waals surface area contributed by atoms with E-state index < -0.39 is 0 Å². The van der Waals surface area contributed by atoms with Crippen molar-refractivity contribution in [2.45, 2.75) is 38.5 Å². The van der Waals surface area contributed by atoms with Gasteiger partial charge in [-0.1, -0.05) is 198 Å². The average molecular weight is 862 g/mol. The Balaban J connectivity index is 1.02. The van der Waals surface area contributed by atoms with Crippen LogP contribution in [0.5, 0.6) is 0 Å². The SMILES string of the molecule is CC1(C)c2ccccc2-c2ccc(N(c3ccc(-c4c(-c5ccc(-c6ccccc6)cc5)c5ccccc5c5sc6ccccc6c45)cc3)c3ccc4c(c3)C(C)(C)c3ccccc3-4)cc21. The second kappa shape index (κ2) is 14.5. The van der Waals surface area contributed by atoms with Gasteiger partial charge in [-0.05, 0) is 126 Å². The van der Waals surface area contributed by atoms with Crippen molar-refractivity contribution in [3.8, 4) is 55.6 Å². The molecule has 2 heteroatoms. The van der Waals surface area contributed by atoms with Crippen LogP contribution in [0.1, 0.15) is 49.9 Å². The molecular formula is C64H47NS. The summed E-state index contributed by atoms with van der Waals surface area (Å²) in [6.07, 6.45) is 0. The number of nitrogens with zero attached hydrogens (tertiary/aromatic N) is 1. The van der Waals surface area contributed by atoms with E-state index in [1.54, 1.807) is 0 Å². The molecule has 314 valence electrons. The first kappa shape index (κ1) is 38.9. The molecule has 0 bridgehead atoms. The van der Waals surface area contributed by atoms with E-state index >= 15 is 0 Å². The lowest BCUT2D eigenvalue weighted by Crippen LogP contribution is -2.18. The Morgan fingerprint density at radius 1 is 0.333 bits per heavy atom. The smallest absolute Gasteiger partial charge is 0.0465 e. The molecule has 0 fully saturated rings. The summed E-state index contributed by atoms with van der Waals surface area (Å²) in [6.45, 7) is 9.50. The highest BCUT2D eigenvalue weighted by Crippen LogP contribution is 2.54. The third-order valence-electron chi connectivity index (χ3n) is 14.9. The molecule has 1 nitrogen and oxygen atoms in total. The standard InChI is InChI=1S/C64H47NS/c1-63(2)54-23-13-10-18-47(54)49-36-34-45(38-56(49)63)65(46-35-37-50-48-19-11-14-24-55(48)64(3,4)57(50)39-46)44-32-30-43(31-33-44)60-59(42-28-26-41(27-29-42)40-16-6-5-7-17-40)51-20-8-9-21-52(51)62-61(60)53-22-12-15-25-58(53)66-62/h5-39H,1-4H3. The summed E-state index contributed by atoms with van der Waals surface area (Å²) in [4.78, 5) is 2.49. The third kappa shape index (κ3) is 5.71. The minimum atomic E-state index is -0.125. The molecular weight excluding hydrogens is 815 g/mol. The Kier molecular flexibility index (Phi) is 8.54. The van der Waals surface area contributed by atoms with Gasteiger partial charge < -0.3 is 4.90 Å². The van der Waals surface area contributed by atoms with E-state index in [2.05, 4.69) is 245 Å². The molecule has 0 saturated heterocycles. The molecule has 2 aliphatic carbocycles. The Morgan fingerprint density at radius 3 is 1.39 bits per heavy atom. The van der Waals surface area contributed by atoms with E-state index in [-0.39, 0.29) is 10.8 Å². The molecule has 0 amide bonds. The van der Waals surface area contributed by atoms with E-state index in [1.165, 1.54) is 109 Å². The van der Waals surface area contributed by atoms with Crippen molar-refractivity contribution >= 4 is 59.3 Å². The maximum Gasteiger partial charge on any atom is 0.0465 e. The summed E-state index contributed by atoms with van der Waals surface area (Å²) < 4.78 is 2.64. The lowest BCUT2D eigenvalue weighted by Gasteiger charge is -2.30. The highest BCUT2D eigenvalue weighted by molar-refractivity contribution is 7.26. The van der Waals surface area contributed by atoms with Gasteiger partial charge in [-0.25, -0.2) is 0 Å². The average Bonchev–Trinajstić information content (AvgIpc) is 3.94. The molecule has 0 atom stereocenters. The number of hydrogen-bond acceptors (Lipinski definition) is 2. The lowest BCUT2D eigenvalue weighted by atomic mass is 9.82. The fraction of sp³-hybridized carbons (Fsp3) is 0.0938. The zero-order valence-electron chi connectivity index (χ0n) is 37.6. The number of rotatable bonds is 6. The van der Waals surface area contributed by atoms with Gasteiger partial charge in [0.2, 0.25) is 0 Å². The minimum Gasteiger partial charge on any atom is -0.310 e. The van der Waals surface area contributed by atoms with Crippen LogP contribution in [-0.4, -0.2) is 0 Å². The van der Waals surface area contributed by atoms with Crippen molar-refractivity contribution in [3.05, 3.63) is 235 Å². The molecule has 1 heterocycles. The van der Waals surface area contributed by atoms with Crippen LogP contribution in [0, 0.1) is 0 Å². The normalized spacial score (nSPS) is 14.0. The summed E-state index contributed by atoms with van der Waals surface area (Å²) in [5.41, 5.74) is 21.4. The van der Waals surface area contributed by atoms with E-state index in [0.717, 1.165) is 17.1 Å². The van der Waals surface area contributed by atoms with E-state index in [1.807, 2.05) is 11.3 Å². The molecule has 10 aromatic carbocycles. The first-order chi connectivity index (χ1) is 32.3. The van der Waals surface area contributed by atoms with Gasteiger partial charge in [0.1, 0.15) is 0 Å². The quantitative estimate of drug-likeness (QED) is 0.161. The first-order valence-corrected chi connectivity index (χ1v) is 24.0. The van der Waals surface area contributed by atoms with Crippen LogP contribution in [0.15, 0.2) is 212 Å². The van der Waals surface area contributed by atoms with Gasteiger partial charge in [-0.3, -0.25) is 0 Å². The van der Waals surface area contributed by atoms with E-state index in [0.29, 0.717) is 0 Å². The Hall–Kier alpha value is -7.52. The maximum atomic E-state index is 2.49. The highest BCUT2D eigenvalue weighted by atomic mass is 32.1. The van der Waals surface area contributed by atoms with Gasteiger partial charge in [0, 0.05) is 53.5 Å². The van der Waals surface area contributed by atoms with Gasteiger partial charge >= 0.3 is 0 Å². The molecule has 66 heavy (non-hydrogen) atoms. The van der Waals surface area contributed by atoms with Crippen LogP contribution in [0.4, 0.5) is 17.1 Å². The van der Waals surface area contributed by atoms with Gasteiger partial charge in [-0.15, -0.1) is 11.3 Å². The molecule has 2 aliphatic rings. The van der Waals surface area contributed by atoms with Crippen LogP contribution in [0.25, 0.3) is 86.6 Å². The summed E-state index contributed by atoms with van der Waals surface area (Å²) >= 11 is 1.91. The zero-order chi connectivity index (χ0) is 44.3. The fourth-order valence-electron chi connectivity index (χ4n) is 11.6. The fourth-order valence-corrected chi connectivity index (χ4v) is 12.8. The van der Waals surface area contributed by atoms with Crippen molar-refractivity contribution in [3.63, 3.8) is 0 Å². The predicted octanol–water partition coefficient (Wildman–Crippen LogP) is 18.3. The number of hydrogen-bond donors (Lipinski definition) is 0. The van der Waals surface area contributed by atoms with Crippen molar-refractivity contribution < 1.29 is 0 Å². The summed E-state index contributed by atoms with van der Waals surface area (Å²) in [5.74, 6) is 0. The highest BCUT2D eigenvalue weighted by Gasteiger charge is 2.38. The van der Waals surface area contributed by atoms with Crippen molar-refractivity contribution in [2.24, 2.45) is 0 Å². The van der Waals surface area contributed by atoms with Crippen LogP contribution < -0.4 is 4.90 Å². The summed E-state index contributed by atoms with van der Waals surface area (Å²) in [7, 11) is 0. The molecule has 0 saturated carbocycles. The molecule has 0 aliphatic heterocycles.